The molecule has 41 heavy (non-hydrogen) atoms. The molecule has 0 fully saturated rings. The van der Waals surface area contributed by atoms with Gasteiger partial charge in [-0.2, -0.15) is 5.10 Å². The Kier molecular flexibility index (Phi) is 5.63. The molecule has 3 aromatic carbocycles. The van der Waals surface area contributed by atoms with Gasteiger partial charge >= 0.3 is 5.88 Å². The van der Waals surface area contributed by atoms with E-state index in [1.165, 1.54) is 6.07 Å². The molecule has 1 atom stereocenters. The molecule has 7 rings (SSSR count). The van der Waals surface area contributed by atoms with Crippen LogP contribution in [0.1, 0.15) is 23.1 Å². The standard InChI is InChI=1S/C30H23N7O4/c1-18-26-27(24-16-17-25(41-24)37(38)39)35-23-11-7-6-10-22(23)32-28(31-19-12-14-21(40-2)15-13-19)30(35)33-29(26)36(34-18)20-8-4-3-5-9-20/h3-17,27H,1-2H3,(H,31,32)/t27-/m1/s1. The van der Waals surface area contributed by atoms with E-state index in [1.54, 1.807) is 17.9 Å². The fraction of sp³-hybridized carbons (Fsp3) is 0.100. The Morgan fingerprint density at radius 3 is 2.44 bits per heavy atom. The highest BCUT2D eigenvalue weighted by Crippen LogP contribution is 2.48. The quantitative estimate of drug-likeness (QED) is 0.198. The lowest BCUT2D eigenvalue weighted by atomic mass is 9.98. The third kappa shape index (κ3) is 4.02. The molecule has 0 unspecified atom stereocenters. The van der Waals surface area contributed by atoms with Crippen LogP contribution in [0.2, 0.25) is 0 Å². The van der Waals surface area contributed by atoms with Gasteiger partial charge in [0.15, 0.2) is 17.5 Å². The summed E-state index contributed by atoms with van der Waals surface area (Å²) >= 11 is 0. The third-order valence-electron chi connectivity index (χ3n) is 7.05. The van der Waals surface area contributed by atoms with E-state index in [0.29, 0.717) is 28.9 Å². The molecule has 2 aliphatic heterocycles. The number of aliphatic imine (C=N–C) groups is 2. The maximum atomic E-state index is 11.6. The van der Waals surface area contributed by atoms with E-state index in [0.717, 1.165) is 34.1 Å². The zero-order valence-corrected chi connectivity index (χ0v) is 22.1. The minimum absolute atomic E-state index is 0.339. The number of nitrogens with zero attached hydrogens (tertiary/aromatic N) is 6. The summed E-state index contributed by atoms with van der Waals surface area (Å²) in [5.74, 6) is 2.40. The lowest BCUT2D eigenvalue weighted by molar-refractivity contribution is -0.402. The number of methoxy groups -OCH3 is 1. The van der Waals surface area contributed by atoms with Crippen LogP contribution in [-0.4, -0.2) is 33.5 Å². The number of aromatic nitrogens is 2. The lowest BCUT2D eigenvalue weighted by Crippen LogP contribution is -2.46. The van der Waals surface area contributed by atoms with Crippen molar-refractivity contribution in [3.8, 4) is 11.4 Å². The summed E-state index contributed by atoms with van der Waals surface area (Å²) in [6.07, 6.45) is 0. The maximum absolute atomic E-state index is 11.6. The highest BCUT2D eigenvalue weighted by molar-refractivity contribution is 6.51. The normalized spacial score (nSPS) is 15.3. The maximum Gasteiger partial charge on any atom is 0.433 e. The van der Waals surface area contributed by atoms with Gasteiger partial charge in [0.1, 0.15) is 22.5 Å². The number of ether oxygens (including phenoxy) is 1. The van der Waals surface area contributed by atoms with E-state index >= 15 is 0 Å². The van der Waals surface area contributed by atoms with Gasteiger partial charge < -0.3 is 19.4 Å². The summed E-state index contributed by atoms with van der Waals surface area (Å²) in [4.78, 5) is 23.2. The van der Waals surface area contributed by atoms with E-state index in [-0.39, 0.29) is 5.88 Å². The van der Waals surface area contributed by atoms with E-state index in [1.807, 2.05) is 90.7 Å². The second-order valence-electron chi connectivity index (χ2n) is 9.51. The molecule has 11 heteroatoms. The molecule has 0 spiro atoms. The second-order valence-corrected chi connectivity index (χ2v) is 9.51. The number of amidine groups is 2. The Morgan fingerprint density at radius 1 is 0.951 bits per heavy atom. The van der Waals surface area contributed by atoms with Crippen LogP contribution >= 0.6 is 0 Å². The van der Waals surface area contributed by atoms with Gasteiger partial charge in [-0.25, -0.2) is 14.7 Å². The van der Waals surface area contributed by atoms with Gasteiger partial charge in [-0.1, -0.05) is 30.3 Å². The Balaban J connectivity index is 1.47. The first kappa shape index (κ1) is 24.3. The first-order chi connectivity index (χ1) is 20.0. The predicted octanol–water partition coefficient (Wildman–Crippen LogP) is 6.49. The summed E-state index contributed by atoms with van der Waals surface area (Å²) in [5, 5.41) is 19.9. The lowest BCUT2D eigenvalue weighted by Gasteiger charge is -2.39. The summed E-state index contributed by atoms with van der Waals surface area (Å²) in [6, 6.07) is 27.3. The fourth-order valence-corrected chi connectivity index (χ4v) is 5.21. The van der Waals surface area contributed by atoms with Crippen LogP contribution in [0.5, 0.6) is 5.75 Å². The van der Waals surface area contributed by atoms with Crippen LogP contribution < -0.4 is 15.0 Å². The number of nitrogens with one attached hydrogen (secondary N) is 1. The Bertz CT molecular complexity index is 1860. The number of anilines is 2. The molecule has 1 N–H and O–H groups in total. The molecule has 11 nitrogen and oxygen atoms in total. The molecule has 2 aliphatic rings. The Labute approximate surface area is 234 Å². The van der Waals surface area contributed by atoms with Crippen molar-refractivity contribution in [3.05, 3.63) is 118 Å². The van der Waals surface area contributed by atoms with Crippen molar-refractivity contribution in [2.75, 3.05) is 17.3 Å². The number of rotatable bonds is 5. The van der Waals surface area contributed by atoms with Crippen LogP contribution in [0, 0.1) is 17.0 Å². The highest BCUT2D eigenvalue weighted by atomic mass is 16.6. The summed E-state index contributed by atoms with van der Waals surface area (Å²) < 4.78 is 12.9. The zero-order chi connectivity index (χ0) is 28.1. The number of hydrogen-bond acceptors (Lipinski definition) is 9. The van der Waals surface area contributed by atoms with E-state index in [9.17, 15) is 10.1 Å². The molecule has 0 saturated heterocycles. The summed E-state index contributed by atoms with van der Waals surface area (Å²) in [5.41, 5.74) is 4.62. The van der Waals surface area contributed by atoms with Gasteiger partial charge in [0.25, 0.3) is 0 Å². The number of benzene rings is 3. The number of furan rings is 1. The van der Waals surface area contributed by atoms with Gasteiger partial charge in [0, 0.05) is 5.69 Å². The van der Waals surface area contributed by atoms with Crippen molar-refractivity contribution in [2.45, 2.75) is 13.0 Å². The Morgan fingerprint density at radius 2 is 1.71 bits per heavy atom. The first-order valence-electron chi connectivity index (χ1n) is 12.9. The van der Waals surface area contributed by atoms with Gasteiger partial charge in [0.05, 0.1) is 41.5 Å². The van der Waals surface area contributed by atoms with Crippen molar-refractivity contribution < 1.29 is 14.1 Å². The topological polar surface area (TPSA) is 123 Å². The van der Waals surface area contributed by atoms with Crippen molar-refractivity contribution in [2.24, 2.45) is 9.98 Å². The second kappa shape index (κ2) is 9.49. The molecule has 2 aromatic heterocycles. The largest absolute Gasteiger partial charge is 0.497 e. The molecular weight excluding hydrogens is 522 g/mol. The van der Waals surface area contributed by atoms with Gasteiger partial charge in [0.2, 0.25) is 0 Å². The molecule has 0 amide bonds. The number of hydrogen-bond donors (Lipinski definition) is 1. The number of fused-ring (bicyclic) bond motifs is 4. The molecule has 5 aromatic rings. The van der Waals surface area contributed by atoms with Crippen LogP contribution in [0.4, 0.5) is 28.8 Å². The molecular formula is C30H23N7O4. The SMILES string of the molecule is COc1ccc(NC2=Nc3ccccc3N3C2=Nc2c(c(C)nn2-c2ccccc2)[C@H]3c2ccc([N+](=O)[O-])o2)cc1. The summed E-state index contributed by atoms with van der Waals surface area (Å²) in [6.45, 7) is 1.91. The van der Waals surface area contributed by atoms with E-state index in [4.69, 9.17) is 24.2 Å². The number of para-hydroxylation sites is 3. The minimum atomic E-state index is -0.604. The highest BCUT2D eigenvalue weighted by Gasteiger charge is 2.43. The van der Waals surface area contributed by atoms with E-state index < -0.39 is 11.0 Å². The minimum Gasteiger partial charge on any atom is -0.497 e. The van der Waals surface area contributed by atoms with Crippen LogP contribution in [-0.2, 0) is 0 Å². The molecule has 0 bridgehead atoms. The first-order valence-corrected chi connectivity index (χ1v) is 12.9. The molecule has 0 saturated carbocycles. The van der Waals surface area contributed by atoms with Crippen LogP contribution in [0.3, 0.4) is 0 Å². The molecule has 4 heterocycles. The van der Waals surface area contributed by atoms with E-state index in [2.05, 4.69) is 5.32 Å². The van der Waals surface area contributed by atoms with Gasteiger partial charge in [-0.15, -0.1) is 0 Å². The molecule has 202 valence electrons. The zero-order valence-electron chi connectivity index (χ0n) is 22.1. The van der Waals surface area contributed by atoms with Crippen LogP contribution in [0.15, 0.2) is 105 Å². The molecule has 0 aliphatic carbocycles. The number of aryl methyl sites for hydroxylation is 1. The van der Waals surface area contributed by atoms with Crippen molar-refractivity contribution >= 4 is 40.4 Å². The van der Waals surface area contributed by atoms with Crippen molar-refractivity contribution in [3.63, 3.8) is 0 Å². The van der Waals surface area contributed by atoms with Gasteiger partial charge in [-0.3, -0.25) is 10.1 Å². The monoisotopic (exact) mass is 545 g/mol. The molecule has 0 radical (unpaired) electrons. The average Bonchev–Trinajstić information content (AvgIpc) is 3.62. The third-order valence-corrected chi connectivity index (χ3v) is 7.05. The van der Waals surface area contributed by atoms with Crippen molar-refractivity contribution in [1.82, 2.24) is 9.78 Å². The van der Waals surface area contributed by atoms with Crippen LogP contribution in [0.25, 0.3) is 5.69 Å². The smallest absolute Gasteiger partial charge is 0.433 e. The fourth-order valence-electron chi connectivity index (χ4n) is 5.21. The van der Waals surface area contributed by atoms with Gasteiger partial charge in [-0.05, 0) is 61.5 Å². The summed E-state index contributed by atoms with van der Waals surface area (Å²) in [7, 11) is 1.62. The van der Waals surface area contributed by atoms with Crippen molar-refractivity contribution in [1.29, 1.82) is 0 Å². The average molecular weight is 546 g/mol. The Hall–Kier alpha value is -5.71. The predicted molar refractivity (Wildman–Crippen MR) is 155 cm³/mol. The number of nitro groups is 1.